The molecular formula is C32H66N4O2. The standard InChI is InChI=1S/C32H66N4O2/c1-4-6-8-10-12-14-16-18-20-22-26-35-32(38)24-29-36(3)30-28-33-27-23-31(37)34-25-21-19-17-15-13-11-9-7-5-2/h33H,4-30H2,1-3H3,(H,34,37)(H,35,38). The fourth-order valence-corrected chi connectivity index (χ4v) is 4.68. The lowest BCUT2D eigenvalue weighted by atomic mass is 10.1. The summed E-state index contributed by atoms with van der Waals surface area (Å²) < 4.78 is 0. The first-order chi connectivity index (χ1) is 18.6. The maximum Gasteiger partial charge on any atom is 0.221 e. The fraction of sp³-hybridized carbons (Fsp3) is 0.938. The van der Waals surface area contributed by atoms with Crippen molar-refractivity contribution in [2.24, 2.45) is 0 Å². The van der Waals surface area contributed by atoms with Gasteiger partial charge in [-0.25, -0.2) is 0 Å². The van der Waals surface area contributed by atoms with Crippen molar-refractivity contribution in [3.05, 3.63) is 0 Å². The molecule has 0 bridgehead atoms. The molecule has 0 spiro atoms. The van der Waals surface area contributed by atoms with E-state index in [1.165, 1.54) is 109 Å². The number of likely N-dealkylation sites (N-methyl/N-ethyl adjacent to an activating group) is 1. The average Bonchev–Trinajstić information content (AvgIpc) is 2.91. The van der Waals surface area contributed by atoms with Crippen LogP contribution in [0.3, 0.4) is 0 Å². The van der Waals surface area contributed by atoms with Crippen molar-refractivity contribution in [3.63, 3.8) is 0 Å². The van der Waals surface area contributed by atoms with Gasteiger partial charge < -0.3 is 20.9 Å². The second kappa shape index (κ2) is 30.4. The van der Waals surface area contributed by atoms with Crippen LogP contribution in [0.25, 0.3) is 0 Å². The van der Waals surface area contributed by atoms with Crippen molar-refractivity contribution < 1.29 is 9.59 Å². The summed E-state index contributed by atoms with van der Waals surface area (Å²) in [5, 5.41) is 9.45. The number of nitrogens with zero attached hydrogens (tertiary/aromatic N) is 1. The van der Waals surface area contributed by atoms with Crippen LogP contribution in [0.1, 0.15) is 149 Å². The Hall–Kier alpha value is -1.14. The lowest BCUT2D eigenvalue weighted by Crippen LogP contribution is -2.34. The third kappa shape index (κ3) is 29.4. The first kappa shape index (κ1) is 36.9. The largest absolute Gasteiger partial charge is 0.356 e. The zero-order valence-corrected chi connectivity index (χ0v) is 25.9. The molecule has 0 rings (SSSR count). The van der Waals surface area contributed by atoms with Gasteiger partial charge in [0.05, 0.1) is 0 Å². The Kier molecular flexibility index (Phi) is 29.5. The number of hydrogen-bond donors (Lipinski definition) is 3. The Morgan fingerprint density at radius 1 is 0.474 bits per heavy atom. The summed E-state index contributed by atoms with van der Waals surface area (Å²) in [6.45, 7) is 9.32. The minimum Gasteiger partial charge on any atom is -0.356 e. The topological polar surface area (TPSA) is 73.5 Å². The molecule has 6 nitrogen and oxygen atoms in total. The molecule has 0 aliphatic carbocycles. The average molecular weight is 539 g/mol. The zero-order valence-electron chi connectivity index (χ0n) is 25.9. The predicted molar refractivity (Wildman–Crippen MR) is 165 cm³/mol. The Morgan fingerprint density at radius 2 is 0.868 bits per heavy atom. The maximum absolute atomic E-state index is 12.1. The molecule has 0 aromatic heterocycles. The highest BCUT2D eigenvalue weighted by Gasteiger charge is 2.05. The fourth-order valence-electron chi connectivity index (χ4n) is 4.68. The van der Waals surface area contributed by atoms with Crippen LogP contribution >= 0.6 is 0 Å². The molecule has 0 atom stereocenters. The van der Waals surface area contributed by atoms with E-state index in [4.69, 9.17) is 0 Å². The summed E-state index contributed by atoms with van der Waals surface area (Å²) in [5.74, 6) is 0.300. The van der Waals surface area contributed by atoms with Gasteiger partial charge in [0.1, 0.15) is 0 Å². The van der Waals surface area contributed by atoms with Gasteiger partial charge in [-0.15, -0.1) is 0 Å². The normalized spacial score (nSPS) is 11.3. The van der Waals surface area contributed by atoms with Crippen LogP contribution in [0.4, 0.5) is 0 Å². The molecule has 3 N–H and O–H groups in total. The summed E-state index contributed by atoms with van der Waals surface area (Å²) in [7, 11) is 2.05. The number of hydrogen-bond acceptors (Lipinski definition) is 4. The summed E-state index contributed by atoms with van der Waals surface area (Å²) in [6, 6.07) is 0. The predicted octanol–water partition coefficient (Wildman–Crippen LogP) is 6.97. The second-order valence-corrected chi connectivity index (χ2v) is 11.3. The molecule has 0 fully saturated rings. The highest BCUT2D eigenvalue weighted by molar-refractivity contribution is 5.76. The molecule has 38 heavy (non-hydrogen) atoms. The molecule has 0 radical (unpaired) electrons. The van der Waals surface area contributed by atoms with Gasteiger partial charge in [-0.1, -0.05) is 123 Å². The summed E-state index contributed by atoms with van der Waals surface area (Å²) in [6.07, 6.45) is 26.0. The van der Waals surface area contributed by atoms with E-state index >= 15 is 0 Å². The zero-order chi connectivity index (χ0) is 27.9. The molecule has 0 aliphatic rings. The van der Waals surface area contributed by atoms with Crippen LogP contribution in [0.5, 0.6) is 0 Å². The quantitative estimate of drug-likeness (QED) is 0.0863. The molecule has 0 saturated carbocycles. The van der Waals surface area contributed by atoms with E-state index in [0.717, 1.165) is 45.6 Å². The van der Waals surface area contributed by atoms with Gasteiger partial charge in [0.15, 0.2) is 0 Å². The third-order valence-corrected chi connectivity index (χ3v) is 7.37. The lowest BCUT2D eigenvalue weighted by molar-refractivity contribution is -0.122. The minimum atomic E-state index is 0.143. The number of amides is 2. The monoisotopic (exact) mass is 539 g/mol. The van der Waals surface area contributed by atoms with Crippen LogP contribution in [0.2, 0.25) is 0 Å². The van der Waals surface area contributed by atoms with Crippen molar-refractivity contribution in [2.45, 2.75) is 149 Å². The van der Waals surface area contributed by atoms with Crippen LogP contribution in [-0.4, -0.2) is 63.0 Å². The van der Waals surface area contributed by atoms with Crippen molar-refractivity contribution in [3.8, 4) is 0 Å². The lowest BCUT2D eigenvalue weighted by Gasteiger charge is -2.16. The number of rotatable bonds is 30. The molecule has 6 heteroatoms. The summed E-state index contributed by atoms with van der Waals surface area (Å²) >= 11 is 0. The van der Waals surface area contributed by atoms with Crippen LogP contribution in [0.15, 0.2) is 0 Å². The van der Waals surface area contributed by atoms with E-state index < -0.39 is 0 Å². The Bertz CT molecular complexity index is 516. The molecular weight excluding hydrogens is 472 g/mol. The van der Waals surface area contributed by atoms with Crippen molar-refractivity contribution in [1.82, 2.24) is 20.9 Å². The van der Waals surface area contributed by atoms with Crippen molar-refractivity contribution in [1.29, 1.82) is 0 Å². The number of carbonyl (C=O) groups is 2. The SMILES string of the molecule is CCCCCCCCCCCCNC(=O)CCN(C)CCNCCC(=O)NCCCCCCCCCCC. The van der Waals surface area contributed by atoms with E-state index in [9.17, 15) is 9.59 Å². The molecule has 0 aromatic carbocycles. The highest BCUT2D eigenvalue weighted by Crippen LogP contribution is 2.10. The molecule has 0 aromatic rings. The Labute approximate surface area is 237 Å². The van der Waals surface area contributed by atoms with Gasteiger partial charge >= 0.3 is 0 Å². The van der Waals surface area contributed by atoms with Gasteiger partial charge in [0, 0.05) is 52.1 Å². The van der Waals surface area contributed by atoms with E-state index in [1.807, 2.05) is 0 Å². The van der Waals surface area contributed by atoms with Gasteiger partial charge in [0.2, 0.25) is 11.8 Å². The highest BCUT2D eigenvalue weighted by atomic mass is 16.2. The Morgan fingerprint density at radius 3 is 1.32 bits per heavy atom. The summed E-state index contributed by atoms with van der Waals surface area (Å²) in [5.41, 5.74) is 0. The molecule has 226 valence electrons. The van der Waals surface area contributed by atoms with Gasteiger partial charge in [-0.05, 0) is 19.9 Å². The van der Waals surface area contributed by atoms with E-state index in [2.05, 4.69) is 41.7 Å². The van der Waals surface area contributed by atoms with Crippen molar-refractivity contribution in [2.75, 3.05) is 46.3 Å². The second-order valence-electron chi connectivity index (χ2n) is 11.3. The first-order valence-corrected chi connectivity index (χ1v) is 16.5. The van der Waals surface area contributed by atoms with E-state index in [1.54, 1.807) is 0 Å². The van der Waals surface area contributed by atoms with E-state index in [0.29, 0.717) is 19.4 Å². The van der Waals surface area contributed by atoms with Crippen LogP contribution in [0, 0.1) is 0 Å². The maximum atomic E-state index is 12.1. The van der Waals surface area contributed by atoms with Crippen LogP contribution in [-0.2, 0) is 9.59 Å². The van der Waals surface area contributed by atoms with Gasteiger partial charge in [-0.3, -0.25) is 9.59 Å². The van der Waals surface area contributed by atoms with Gasteiger partial charge in [-0.2, -0.15) is 0 Å². The van der Waals surface area contributed by atoms with Gasteiger partial charge in [0.25, 0.3) is 0 Å². The molecule has 0 unspecified atom stereocenters. The van der Waals surface area contributed by atoms with Crippen LogP contribution < -0.4 is 16.0 Å². The molecule has 0 heterocycles. The number of nitrogens with one attached hydrogen (secondary N) is 3. The third-order valence-electron chi connectivity index (χ3n) is 7.37. The molecule has 2 amide bonds. The first-order valence-electron chi connectivity index (χ1n) is 16.5. The summed E-state index contributed by atoms with van der Waals surface area (Å²) in [4.78, 5) is 26.2. The van der Waals surface area contributed by atoms with Crippen molar-refractivity contribution >= 4 is 11.8 Å². The molecule has 0 saturated heterocycles. The number of carbonyl (C=O) groups excluding carboxylic acids is 2. The minimum absolute atomic E-state index is 0.143. The Balaban J connectivity index is 3.39. The molecule has 0 aliphatic heterocycles. The van der Waals surface area contributed by atoms with E-state index in [-0.39, 0.29) is 11.8 Å². The number of unbranched alkanes of at least 4 members (excludes halogenated alkanes) is 17. The smallest absolute Gasteiger partial charge is 0.221 e.